The lowest BCUT2D eigenvalue weighted by molar-refractivity contribution is -0.141. The first-order chi connectivity index (χ1) is 13.0. The second-order valence-electron chi connectivity index (χ2n) is 5.78. The maximum Gasteiger partial charge on any atom is 0.435 e. The zero-order chi connectivity index (χ0) is 19.0. The van der Waals surface area contributed by atoms with Crippen molar-refractivity contribution in [2.24, 2.45) is 0 Å². The van der Waals surface area contributed by atoms with Crippen molar-refractivity contribution in [3.8, 4) is 28.1 Å². The first-order valence-electron chi connectivity index (χ1n) is 7.99. The third-order valence-corrected chi connectivity index (χ3v) is 4.10. The van der Waals surface area contributed by atoms with Gasteiger partial charge in [0.15, 0.2) is 5.69 Å². The molecule has 2 aromatic carbocycles. The molecule has 0 saturated carbocycles. The Labute approximate surface area is 152 Å². The Morgan fingerprint density at radius 2 is 1.74 bits per heavy atom. The number of alkyl halides is 3. The third kappa shape index (κ3) is 3.10. The first-order valence-corrected chi connectivity index (χ1v) is 7.99. The standard InChI is InChI=1S/C19H13F3N4O/c1-27-16-8-3-2-7-14(16)12-5-4-6-13(9-12)15-10-23-18-25-17(19(20,21)22)11-24-26(15)18/h2-11H,1H3. The minimum Gasteiger partial charge on any atom is -0.496 e. The van der Waals surface area contributed by atoms with Crippen molar-refractivity contribution in [1.29, 1.82) is 0 Å². The average molecular weight is 370 g/mol. The molecule has 0 amide bonds. The van der Waals surface area contributed by atoms with Gasteiger partial charge in [-0.25, -0.2) is 9.97 Å². The summed E-state index contributed by atoms with van der Waals surface area (Å²) in [6.45, 7) is 0. The van der Waals surface area contributed by atoms with E-state index in [1.165, 1.54) is 10.7 Å². The predicted octanol–water partition coefficient (Wildman–Crippen LogP) is 4.49. The van der Waals surface area contributed by atoms with Crippen LogP contribution in [0.2, 0.25) is 0 Å². The van der Waals surface area contributed by atoms with Crippen molar-refractivity contribution >= 4 is 5.78 Å². The molecule has 27 heavy (non-hydrogen) atoms. The van der Waals surface area contributed by atoms with Gasteiger partial charge in [-0.15, -0.1) is 0 Å². The fourth-order valence-electron chi connectivity index (χ4n) is 2.84. The summed E-state index contributed by atoms with van der Waals surface area (Å²) in [6, 6.07) is 15.1. The van der Waals surface area contributed by atoms with E-state index in [4.69, 9.17) is 4.74 Å². The van der Waals surface area contributed by atoms with Gasteiger partial charge in [-0.3, -0.25) is 0 Å². The Hall–Kier alpha value is -3.42. The number of ether oxygens (including phenoxy) is 1. The molecule has 5 nitrogen and oxygen atoms in total. The summed E-state index contributed by atoms with van der Waals surface area (Å²) in [5, 5.41) is 3.87. The molecule has 0 radical (unpaired) electrons. The quantitative estimate of drug-likeness (QED) is 0.533. The van der Waals surface area contributed by atoms with Gasteiger partial charge in [-0.2, -0.15) is 22.8 Å². The summed E-state index contributed by atoms with van der Waals surface area (Å²) in [4.78, 5) is 7.51. The van der Waals surface area contributed by atoms with Crippen LogP contribution in [0.1, 0.15) is 5.69 Å². The van der Waals surface area contributed by atoms with E-state index in [9.17, 15) is 13.2 Å². The normalized spacial score (nSPS) is 11.7. The molecule has 0 N–H and O–H groups in total. The summed E-state index contributed by atoms with van der Waals surface area (Å²) in [5.74, 6) is 0.616. The van der Waals surface area contributed by atoms with E-state index in [2.05, 4.69) is 15.1 Å². The van der Waals surface area contributed by atoms with Gasteiger partial charge in [0.05, 0.1) is 25.2 Å². The van der Waals surface area contributed by atoms with Crippen molar-refractivity contribution in [3.05, 3.63) is 66.6 Å². The minimum absolute atomic E-state index is 0.109. The molecule has 8 heteroatoms. The number of hydrogen-bond donors (Lipinski definition) is 0. The first kappa shape index (κ1) is 17.0. The van der Waals surface area contributed by atoms with Gasteiger partial charge in [0, 0.05) is 11.1 Å². The lowest BCUT2D eigenvalue weighted by atomic mass is 10.0. The highest BCUT2D eigenvalue weighted by Gasteiger charge is 2.33. The number of aromatic nitrogens is 4. The van der Waals surface area contributed by atoms with Crippen LogP contribution in [0.3, 0.4) is 0 Å². The van der Waals surface area contributed by atoms with E-state index in [0.29, 0.717) is 11.9 Å². The molecule has 0 spiro atoms. The number of nitrogens with zero attached hydrogens (tertiary/aromatic N) is 4. The molecule has 2 aromatic heterocycles. The van der Waals surface area contributed by atoms with Crippen LogP contribution in [-0.2, 0) is 6.18 Å². The second-order valence-corrected chi connectivity index (χ2v) is 5.78. The second kappa shape index (κ2) is 6.39. The molecule has 0 bridgehead atoms. The smallest absolute Gasteiger partial charge is 0.435 e. The fraction of sp³-hybridized carbons (Fsp3) is 0.105. The number of methoxy groups -OCH3 is 1. The Kier molecular flexibility index (Phi) is 4.02. The summed E-state index contributed by atoms with van der Waals surface area (Å²) >= 11 is 0. The van der Waals surface area contributed by atoms with Gasteiger partial charge in [0.1, 0.15) is 5.75 Å². The summed E-state index contributed by atoms with van der Waals surface area (Å²) in [7, 11) is 1.60. The number of rotatable bonds is 3. The topological polar surface area (TPSA) is 52.3 Å². The fourth-order valence-corrected chi connectivity index (χ4v) is 2.84. The molecule has 0 aliphatic carbocycles. The van der Waals surface area contributed by atoms with Crippen LogP contribution in [-0.4, -0.2) is 26.7 Å². The number of hydrogen-bond acceptors (Lipinski definition) is 4. The highest BCUT2D eigenvalue weighted by Crippen LogP contribution is 2.33. The molecule has 2 heterocycles. The van der Waals surface area contributed by atoms with E-state index in [1.807, 2.05) is 48.5 Å². The van der Waals surface area contributed by atoms with Crippen LogP contribution in [0.15, 0.2) is 60.9 Å². The zero-order valence-electron chi connectivity index (χ0n) is 14.1. The molecule has 0 aliphatic heterocycles. The highest BCUT2D eigenvalue weighted by atomic mass is 19.4. The van der Waals surface area contributed by atoms with Crippen molar-refractivity contribution in [2.75, 3.05) is 7.11 Å². The Morgan fingerprint density at radius 1 is 0.963 bits per heavy atom. The van der Waals surface area contributed by atoms with E-state index in [0.717, 1.165) is 22.4 Å². The molecule has 0 fully saturated rings. The number of para-hydroxylation sites is 1. The highest BCUT2D eigenvalue weighted by molar-refractivity contribution is 5.75. The largest absolute Gasteiger partial charge is 0.496 e. The number of halogens is 3. The molecular formula is C19H13F3N4O. The molecule has 0 aliphatic rings. The number of imidazole rings is 1. The van der Waals surface area contributed by atoms with Gasteiger partial charge < -0.3 is 4.74 Å². The van der Waals surface area contributed by atoms with Crippen LogP contribution in [0.5, 0.6) is 5.75 Å². The molecule has 0 saturated heterocycles. The predicted molar refractivity (Wildman–Crippen MR) is 93.2 cm³/mol. The van der Waals surface area contributed by atoms with Gasteiger partial charge in [-0.1, -0.05) is 36.4 Å². The van der Waals surface area contributed by atoms with Crippen LogP contribution in [0, 0.1) is 0 Å². The molecule has 0 unspecified atom stereocenters. The lowest BCUT2D eigenvalue weighted by Crippen LogP contribution is -2.11. The van der Waals surface area contributed by atoms with E-state index < -0.39 is 11.9 Å². The SMILES string of the molecule is COc1ccccc1-c1cccc(-c2cnc3nc(C(F)(F)F)cnn23)c1. The average Bonchev–Trinajstić information content (AvgIpc) is 3.10. The molecule has 0 atom stereocenters. The van der Waals surface area contributed by atoms with E-state index in [-0.39, 0.29) is 5.78 Å². The van der Waals surface area contributed by atoms with Crippen LogP contribution >= 0.6 is 0 Å². The summed E-state index contributed by atoms with van der Waals surface area (Å²) < 4.78 is 45.1. The van der Waals surface area contributed by atoms with Gasteiger partial charge in [0.25, 0.3) is 5.78 Å². The Morgan fingerprint density at radius 3 is 2.52 bits per heavy atom. The summed E-state index contributed by atoms with van der Waals surface area (Å²) in [5.41, 5.74) is 2.03. The Balaban J connectivity index is 1.81. The number of fused-ring (bicyclic) bond motifs is 1. The molecule has 4 rings (SSSR count). The molecular weight excluding hydrogens is 357 g/mol. The van der Waals surface area contributed by atoms with Crippen LogP contribution in [0.4, 0.5) is 13.2 Å². The van der Waals surface area contributed by atoms with Crippen molar-refractivity contribution < 1.29 is 17.9 Å². The van der Waals surface area contributed by atoms with Crippen molar-refractivity contribution in [2.45, 2.75) is 6.18 Å². The molecule has 136 valence electrons. The van der Waals surface area contributed by atoms with Crippen molar-refractivity contribution in [3.63, 3.8) is 0 Å². The molecule has 4 aromatic rings. The van der Waals surface area contributed by atoms with E-state index in [1.54, 1.807) is 7.11 Å². The van der Waals surface area contributed by atoms with Gasteiger partial charge in [0.2, 0.25) is 0 Å². The maximum absolute atomic E-state index is 12.8. The summed E-state index contributed by atoms with van der Waals surface area (Å²) in [6.07, 6.45) is -2.41. The van der Waals surface area contributed by atoms with Crippen LogP contribution in [0.25, 0.3) is 28.2 Å². The van der Waals surface area contributed by atoms with E-state index >= 15 is 0 Å². The Bertz CT molecular complexity index is 1120. The lowest BCUT2D eigenvalue weighted by Gasteiger charge is -2.10. The maximum atomic E-state index is 12.8. The monoisotopic (exact) mass is 370 g/mol. The number of benzene rings is 2. The van der Waals surface area contributed by atoms with Crippen molar-refractivity contribution in [1.82, 2.24) is 19.6 Å². The van der Waals surface area contributed by atoms with Crippen LogP contribution < -0.4 is 4.74 Å². The zero-order valence-corrected chi connectivity index (χ0v) is 14.1. The third-order valence-electron chi connectivity index (χ3n) is 4.10. The van der Waals surface area contributed by atoms with Gasteiger partial charge in [-0.05, 0) is 17.7 Å². The van der Waals surface area contributed by atoms with Gasteiger partial charge >= 0.3 is 6.18 Å². The minimum atomic E-state index is -4.56.